The molecule has 1 aromatic heterocycles. The molecule has 0 radical (unpaired) electrons. The lowest BCUT2D eigenvalue weighted by Crippen LogP contribution is -2.15. The normalized spacial score (nSPS) is 24.7. The summed E-state index contributed by atoms with van der Waals surface area (Å²) in [4.78, 5) is 12.6. The summed E-state index contributed by atoms with van der Waals surface area (Å²) in [5, 5.41) is 7.42. The van der Waals surface area contributed by atoms with Gasteiger partial charge < -0.3 is 5.32 Å². The van der Waals surface area contributed by atoms with Crippen molar-refractivity contribution in [3.05, 3.63) is 46.8 Å². The summed E-state index contributed by atoms with van der Waals surface area (Å²) in [5.41, 5.74) is 5.28. The molecular formula is C19H23N3O. The van der Waals surface area contributed by atoms with Crippen molar-refractivity contribution in [2.45, 2.75) is 44.9 Å². The van der Waals surface area contributed by atoms with Crippen LogP contribution in [0.15, 0.2) is 24.4 Å². The van der Waals surface area contributed by atoms with Gasteiger partial charge in [0.25, 0.3) is 5.91 Å². The zero-order valence-corrected chi connectivity index (χ0v) is 14.0. The molecule has 1 amide bonds. The first-order valence-electron chi connectivity index (χ1n) is 8.54. The highest BCUT2D eigenvalue weighted by molar-refractivity contribution is 6.05. The molecule has 3 atom stereocenters. The third-order valence-corrected chi connectivity index (χ3v) is 5.71. The molecule has 1 aromatic carbocycles. The fourth-order valence-corrected chi connectivity index (χ4v) is 4.82. The largest absolute Gasteiger partial charge is 0.322 e. The van der Waals surface area contributed by atoms with Crippen LogP contribution in [0.1, 0.15) is 65.2 Å². The minimum absolute atomic E-state index is 0.0557. The molecule has 4 heteroatoms. The minimum Gasteiger partial charge on any atom is -0.322 e. The Bertz CT molecular complexity index is 777. The lowest BCUT2D eigenvalue weighted by atomic mass is 9.90. The number of aryl methyl sites for hydroxylation is 2. The van der Waals surface area contributed by atoms with Crippen molar-refractivity contribution in [3.63, 3.8) is 0 Å². The Hall–Kier alpha value is -2.10. The number of fused-ring (bicyclic) bond motifs is 5. The Morgan fingerprint density at radius 3 is 2.83 bits per heavy atom. The van der Waals surface area contributed by atoms with E-state index in [1.54, 1.807) is 10.9 Å². The third-order valence-electron chi connectivity index (χ3n) is 5.71. The number of anilines is 1. The second kappa shape index (κ2) is 5.22. The zero-order valence-electron chi connectivity index (χ0n) is 14.0. The van der Waals surface area contributed by atoms with Crippen LogP contribution in [0.2, 0.25) is 0 Å². The van der Waals surface area contributed by atoms with E-state index in [2.05, 4.69) is 35.5 Å². The van der Waals surface area contributed by atoms with Gasteiger partial charge in [-0.25, -0.2) is 0 Å². The summed E-state index contributed by atoms with van der Waals surface area (Å²) >= 11 is 0. The highest BCUT2D eigenvalue weighted by Crippen LogP contribution is 2.60. The predicted molar refractivity (Wildman–Crippen MR) is 90.8 cm³/mol. The van der Waals surface area contributed by atoms with Crippen LogP contribution >= 0.6 is 0 Å². The molecule has 0 aliphatic heterocycles. The first-order valence-corrected chi connectivity index (χ1v) is 8.54. The maximum Gasteiger partial charge on any atom is 0.259 e. The molecule has 2 aliphatic carbocycles. The van der Waals surface area contributed by atoms with Crippen LogP contribution in [0.5, 0.6) is 0 Å². The third kappa shape index (κ3) is 2.12. The molecule has 1 heterocycles. The van der Waals surface area contributed by atoms with Gasteiger partial charge in [0.1, 0.15) is 0 Å². The van der Waals surface area contributed by atoms with Gasteiger partial charge in [-0.2, -0.15) is 5.10 Å². The SMILES string of the molecule is CCC1C2CCC1c1c(NC(=O)c3cn(C)nc3C)cccc12. The van der Waals surface area contributed by atoms with E-state index in [9.17, 15) is 4.79 Å². The number of amides is 1. The lowest BCUT2D eigenvalue weighted by Gasteiger charge is -2.19. The summed E-state index contributed by atoms with van der Waals surface area (Å²) in [6.45, 7) is 4.17. The van der Waals surface area contributed by atoms with Gasteiger partial charge >= 0.3 is 0 Å². The van der Waals surface area contributed by atoms with Gasteiger partial charge in [-0.1, -0.05) is 25.5 Å². The van der Waals surface area contributed by atoms with Crippen molar-refractivity contribution in [2.24, 2.45) is 13.0 Å². The van der Waals surface area contributed by atoms with Crippen molar-refractivity contribution in [3.8, 4) is 0 Å². The molecule has 1 saturated carbocycles. The summed E-state index contributed by atoms with van der Waals surface area (Å²) < 4.78 is 1.69. The van der Waals surface area contributed by atoms with Crippen molar-refractivity contribution < 1.29 is 4.79 Å². The van der Waals surface area contributed by atoms with Crippen LogP contribution in [0.25, 0.3) is 0 Å². The van der Waals surface area contributed by atoms with Gasteiger partial charge in [0.05, 0.1) is 11.3 Å². The fraction of sp³-hybridized carbons (Fsp3) is 0.474. The van der Waals surface area contributed by atoms with E-state index in [0.717, 1.165) is 17.3 Å². The first kappa shape index (κ1) is 14.5. The smallest absolute Gasteiger partial charge is 0.259 e. The molecule has 2 aromatic rings. The van der Waals surface area contributed by atoms with E-state index < -0.39 is 0 Å². The van der Waals surface area contributed by atoms with E-state index in [4.69, 9.17) is 0 Å². The maximum absolute atomic E-state index is 12.6. The van der Waals surface area contributed by atoms with Crippen LogP contribution in [-0.2, 0) is 7.05 Å². The second-order valence-corrected chi connectivity index (χ2v) is 6.93. The fourth-order valence-electron chi connectivity index (χ4n) is 4.82. The van der Waals surface area contributed by atoms with E-state index in [0.29, 0.717) is 17.4 Å². The Kier molecular flexibility index (Phi) is 3.29. The second-order valence-electron chi connectivity index (χ2n) is 6.93. The molecule has 2 bridgehead atoms. The molecule has 4 nitrogen and oxygen atoms in total. The Labute approximate surface area is 136 Å². The monoisotopic (exact) mass is 309 g/mol. The molecule has 120 valence electrons. The number of nitrogens with one attached hydrogen (secondary N) is 1. The van der Waals surface area contributed by atoms with Gasteiger partial charge in [0.15, 0.2) is 0 Å². The van der Waals surface area contributed by atoms with E-state index in [1.165, 1.54) is 30.4 Å². The quantitative estimate of drug-likeness (QED) is 0.932. The molecule has 3 unspecified atom stereocenters. The highest BCUT2D eigenvalue weighted by Gasteiger charge is 2.45. The minimum atomic E-state index is -0.0557. The van der Waals surface area contributed by atoms with Crippen LogP contribution in [0.4, 0.5) is 5.69 Å². The lowest BCUT2D eigenvalue weighted by molar-refractivity contribution is 0.102. The van der Waals surface area contributed by atoms with Crippen LogP contribution in [0.3, 0.4) is 0 Å². The van der Waals surface area contributed by atoms with Crippen LogP contribution in [-0.4, -0.2) is 15.7 Å². The van der Waals surface area contributed by atoms with Gasteiger partial charge in [0, 0.05) is 18.9 Å². The number of hydrogen-bond donors (Lipinski definition) is 1. The van der Waals surface area contributed by atoms with Gasteiger partial charge in [-0.3, -0.25) is 9.48 Å². The number of benzene rings is 1. The van der Waals surface area contributed by atoms with E-state index in [-0.39, 0.29) is 5.91 Å². The first-order chi connectivity index (χ1) is 11.1. The number of aromatic nitrogens is 2. The Morgan fingerprint density at radius 1 is 1.35 bits per heavy atom. The van der Waals surface area contributed by atoms with Gasteiger partial charge in [-0.05, 0) is 54.7 Å². The number of carbonyl (C=O) groups is 1. The molecule has 1 fully saturated rings. The average molecular weight is 309 g/mol. The molecule has 4 rings (SSSR count). The van der Waals surface area contributed by atoms with Crippen molar-refractivity contribution >= 4 is 11.6 Å². The molecular weight excluding hydrogens is 286 g/mol. The summed E-state index contributed by atoms with van der Waals surface area (Å²) in [5.74, 6) is 2.01. The van der Waals surface area contributed by atoms with Crippen molar-refractivity contribution in [1.29, 1.82) is 0 Å². The van der Waals surface area contributed by atoms with E-state index >= 15 is 0 Å². The predicted octanol–water partition coefficient (Wildman–Crippen LogP) is 3.98. The van der Waals surface area contributed by atoms with Crippen LogP contribution < -0.4 is 5.32 Å². The molecule has 0 saturated heterocycles. The topological polar surface area (TPSA) is 46.9 Å². The number of rotatable bonds is 3. The van der Waals surface area contributed by atoms with Crippen molar-refractivity contribution in [2.75, 3.05) is 5.32 Å². The summed E-state index contributed by atoms with van der Waals surface area (Å²) in [6, 6.07) is 6.39. The number of hydrogen-bond acceptors (Lipinski definition) is 2. The molecule has 2 aliphatic rings. The highest BCUT2D eigenvalue weighted by atomic mass is 16.1. The van der Waals surface area contributed by atoms with Crippen LogP contribution in [0, 0.1) is 12.8 Å². The van der Waals surface area contributed by atoms with E-state index in [1.807, 2.05) is 14.0 Å². The molecule has 1 N–H and O–H groups in total. The standard InChI is InChI=1S/C19H23N3O/c1-4-12-13-8-9-15(12)18-14(13)6-5-7-17(18)20-19(23)16-10-22(3)21-11(16)2/h5-7,10,12-13,15H,4,8-9H2,1-3H3,(H,20,23). The number of nitrogens with zero attached hydrogens (tertiary/aromatic N) is 2. The summed E-state index contributed by atoms with van der Waals surface area (Å²) in [7, 11) is 1.84. The number of carbonyl (C=O) groups excluding carboxylic acids is 1. The summed E-state index contributed by atoms with van der Waals surface area (Å²) in [6.07, 6.45) is 5.57. The Balaban J connectivity index is 1.68. The zero-order chi connectivity index (χ0) is 16.1. The van der Waals surface area contributed by atoms with Crippen molar-refractivity contribution in [1.82, 2.24) is 9.78 Å². The average Bonchev–Trinajstić information content (AvgIpc) is 3.18. The van der Waals surface area contributed by atoms with Gasteiger partial charge in [0.2, 0.25) is 0 Å². The Morgan fingerprint density at radius 2 is 2.13 bits per heavy atom. The molecule has 0 spiro atoms. The van der Waals surface area contributed by atoms with Gasteiger partial charge in [-0.15, -0.1) is 0 Å². The molecule has 23 heavy (non-hydrogen) atoms. The maximum atomic E-state index is 12.6.